The highest BCUT2D eigenvalue weighted by atomic mass is 35.5. The van der Waals surface area contributed by atoms with Gasteiger partial charge in [-0.15, -0.1) is 0 Å². The standard InChI is InChI=1S/C14H21ClFNO/c1-10(8-14(2,3)18-4)17-9-11-5-6-13(16)12(15)7-11/h5-7,10,17H,8-9H2,1-4H3. The van der Waals surface area contributed by atoms with Crippen molar-refractivity contribution < 1.29 is 9.13 Å². The monoisotopic (exact) mass is 273 g/mol. The summed E-state index contributed by atoms with van der Waals surface area (Å²) in [6.45, 7) is 6.88. The van der Waals surface area contributed by atoms with E-state index in [0.717, 1.165) is 12.0 Å². The number of methoxy groups -OCH3 is 1. The van der Waals surface area contributed by atoms with Crippen LogP contribution in [0.3, 0.4) is 0 Å². The van der Waals surface area contributed by atoms with Crippen LogP contribution in [0, 0.1) is 5.82 Å². The van der Waals surface area contributed by atoms with Gasteiger partial charge in [0.15, 0.2) is 0 Å². The van der Waals surface area contributed by atoms with Gasteiger partial charge in [-0.2, -0.15) is 0 Å². The lowest BCUT2D eigenvalue weighted by Crippen LogP contribution is -2.35. The summed E-state index contributed by atoms with van der Waals surface area (Å²) in [7, 11) is 1.71. The van der Waals surface area contributed by atoms with E-state index in [-0.39, 0.29) is 16.4 Å². The lowest BCUT2D eigenvalue weighted by Gasteiger charge is -2.27. The summed E-state index contributed by atoms with van der Waals surface area (Å²) in [4.78, 5) is 0. The van der Waals surface area contributed by atoms with Gasteiger partial charge in [0.2, 0.25) is 0 Å². The Balaban J connectivity index is 2.47. The van der Waals surface area contributed by atoms with Gasteiger partial charge in [0, 0.05) is 19.7 Å². The Labute approximate surface area is 113 Å². The Morgan fingerprint density at radius 2 is 2.11 bits per heavy atom. The van der Waals surface area contributed by atoms with E-state index in [1.54, 1.807) is 19.2 Å². The van der Waals surface area contributed by atoms with Crippen molar-refractivity contribution in [3.63, 3.8) is 0 Å². The van der Waals surface area contributed by atoms with E-state index in [4.69, 9.17) is 16.3 Å². The van der Waals surface area contributed by atoms with E-state index in [2.05, 4.69) is 26.1 Å². The van der Waals surface area contributed by atoms with Crippen LogP contribution in [0.2, 0.25) is 5.02 Å². The molecule has 0 saturated carbocycles. The summed E-state index contributed by atoms with van der Waals surface area (Å²) < 4.78 is 18.4. The molecule has 0 aromatic heterocycles. The number of benzene rings is 1. The SMILES string of the molecule is COC(C)(C)CC(C)NCc1ccc(F)c(Cl)c1. The largest absolute Gasteiger partial charge is 0.379 e. The lowest BCUT2D eigenvalue weighted by atomic mass is 10.00. The van der Waals surface area contributed by atoms with Gasteiger partial charge in [-0.05, 0) is 44.9 Å². The van der Waals surface area contributed by atoms with Crippen LogP contribution in [-0.2, 0) is 11.3 Å². The summed E-state index contributed by atoms with van der Waals surface area (Å²) in [5.74, 6) is -0.381. The molecule has 4 heteroatoms. The molecule has 0 radical (unpaired) electrons. The van der Waals surface area contributed by atoms with Gasteiger partial charge in [-0.1, -0.05) is 17.7 Å². The average Bonchev–Trinajstić information content (AvgIpc) is 2.30. The number of hydrogen-bond donors (Lipinski definition) is 1. The Hall–Kier alpha value is -0.640. The normalized spacial score (nSPS) is 13.7. The van der Waals surface area contributed by atoms with E-state index in [1.165, 1.54) is 6.07 Å². The maximum absolute atomic E-state index is 13.0. The number of halogens is 2. The first-order valence-corrected chi connectivity index (χ1v) is 6.44. The highest BCUT2D eigenvalue weighted by Gasteiger charge is 2.19. The van der Waals surface area contributed by atoms with Crippen LogP contribution < -0.4 is 5.32 Å². The molecule has 0 aliphatic heterocycles. The molecule has 1 N–H and O–H groups in total. The molecule has 1 rings (SSSR count). The third-order valence-corrected chi connectivity index (χ3v) is 3.28. The second kappa shape index (κ2) is 6.50. The Kier molecular flexibility index (Phi) is 5.57. The fraction of sp³-hybridized carbons (Fsp3) is 0.571. The molecule has 102 valence electrons. The zero-order valence-corrected chi connectivity index (χ0v) is 12.1. The summed E-state index contributed by atoms with van der Waals surface area (Å²) in [6.07, 6.45) is 0.901. The zero-order chi connectivity index (χ0) is 13.8. The molecule has 0 bridgehead atoms. The molecule has 2 nitrogen and oxygen atoms in total. The molecule has 0 saturated heterocycles. The molecule has 18 heavy (non-hydrogen) atoms. The minimum Gasteiger partial charge on any atom is -0.379 e. The first-order chi connectivity index (χ1) is 8.34. The van der Waals surface area contributed by atoms with E-state index >= 15 is 0 Å². The van der Waals surface area contributed by atoms with Crippen LogP contribution in [0.25, 0.3) is 0 Å². The Bertz CT molecular complexity index is 395. The van der Waals surface area contributed by atoms with Gasteiger partial charge in [0.25, 0.3) is 0 Å². The predicted molar refractivity (Wildman–Crippen MR) is 73.4 cm³/mol. The van der Waals surface area contributed by atoms with E-state index in [0.29, 0.717) is 12.6 Å². The van der Waals surface area contributed by atoms with Crippen LogP contribution in [-0.4, -0.2) is 18.8 Å². The fourth-order valence-electron chi connectivity index (χ4n) is 1.83. The van der Waals surface area contributed by atoms with Crippen molar-refractivity contribution in [3.05, 3.63) is 34.6 Å². The first kappa shape index (κ1) is 15.4. The minimum atomic E-state index is -0.381. The van der Waals surface area contributed by atoms with Crippen molar-refractivity contribution in [3.8, 4) is 0 Å². The van der Waals surface area contributed by atoms with Gasteiger partial charge in [-0.3, -0.25) is 0 Å². The summed E-state index contributed by atoms with van der Waals surface area (Å²) in [5.41, 5.74) is 0.829. The second-order valence-electron chi connectivity index (χ2n) is 5.20. The highest BCUT2D eigenvalue weighted by Crippen LogP contribution is 2.18. The van der Waals surface area contributed by atoms with Crippen LogP contribution in [0.1, 0.15) is 32.8 Å². The molecule has 1 atom stereocenters. The average molecular weight is 274 g/mol. The third kappa shape index (κ3) is 4.92. The summed E-state index contributed by atoms with van der Waals surface area (Å²) in [6, 6.07) is 5.09. The van der Waals surface area contributed by atoms with Crippen LogP contribution in [0.4, 0.5) is 4.39 Å². The first-order valence-electron chi connectivity index (χ1n) is 6.06. The van der Waals surface area contributed by atoms with Gasteiger partial charge in [0.05, 0.1) is 10.6 Å². The topological polar surface area (TPSA) is 21.3 Å². The van der Waals surface area contributed by atoms with Crippen molar-refractivity contribution in [2.24, 2.45) is 0 Å². The van der Waals surface area contributed by atoms with Gasteiger partial charge in [0.1, 0.15) is 5.82 Å². The van der Waals surface area contributed by atoms with E-state index in [1.807, 2.05) is 0 Å². The third-order valence-electron chi connectivity index (χ3n) is 2.99. The number of nitrogens with one attached hydrogen (secondary N) is 1. The molecule has 1 aromatic carbocycles. The van der Waals surface area contributed by atoms with Crippen molar-refractivity contribution in [2.75, 3.05) is 7.11 Å². The Morgan fingerprint density at radius 1 is 1.44 bits per heavy atom. The molecule has 0 aliphatic carbocycles. The van der Waals surface area contributed by atoms with Gasteiger partial charge in [-0.25, -0.2) is 4.39 Å². The molecule has 0 fully saturated rings. The van der Waals surface area contributed by atoms with Crippen LogP contribution >= 0.6 is 11.6 Å². The fourth-order valence-corrected chi connectivity index (χ4v) is 2.04. The van der Waals surface area contributed by atoms with Crippen LogP contribution in [0.15, 0.2) is 18.2 Å². The zero-order valence-electron chi connectivity index (χ0n) is 11.4. The molecule has 1 unspecified atom stereocenters. The molecule has 0 spiro atoms. The van der Waals surface area contributed by atoms with Crippen LogP contribution in [0.5, 0.6) is 0 Å². The number of hydrogen-bond acceptors (Lipinski definition) is 2. The maximum Gasteiger partial charge on any atom is 0.141 e. The smallest absolute Gasteiger partial charge is 0.141 e. The molecular formula is C14H21ClFNO. The molecule has 0 aliphatic rings. The molecule has 0 heterocycles. The molecular weight excluding hydrogens is 253 g/mol. The van der Waals surface area contributed by atoms with Gasteiger partial charge >= 0.3 is 0 Å². The lowest BCUT2D eigenvalue weighted by molar-refractivity contribution is 0.00844. The molecule has 0 amide bonds. The molecule has 1 aromatic rings. The van der Waals surface area contributed by atoms with Crippen molar-refractivity contribution >= 4 is 11.6 Å². The summed E-state index contributed by atoms with van der Waals surface area (Å²) >= 11 is 5.74. The Morgan fingerprint density at radius 3 is 2.67 bits per heavy atom. The summed E-state index contributed by atoms with van der Waals surface area (Å²) in [5, 5.41) is 3.54. The highest BCUT2D eigenvalue weighted by molar-refractivity contribution is 6.30. The predicted octanol–water partition coefficient (Wildman–Crippen LogP) is 3.77. The van der Waals surface area contributed by atoms with Crippen molar-refractivity contribution in [2.45, 2.75) is 45.4 Å². The minimum absolute atomic E-state index is 0.146. The number of rotatable bonds is 6. The quantitative estimate of drug-likeness (QED) is 0.852. The van der Waals surface area contributed by atoms with Crippen molar-refractivity contribution in [1.82, 2.24) is 5.32 Å². The van der Waals surface area contributed by atoms with Gasteiger partial charge < -0.3 is 10.1 Å². The number of ether oxygens (including phenoxy) is 1. The van der Waals surface area contributed by atoms with E-state index in [9.17, 15) is 4.39 Å². The maximum atomic E-state index is 13.0. The van der Waals surface area contributed by atoms with Crippen molar-refractivity contribution in [1.29, 1.82) is 0 Å². The second-order valence-corrected chi connectivity index (χ2v) is 5.61. The van der Waals surface area contributed by atoms with E-state index < -0.39 is 0 Å².